The molecule has 0 aliphatic carbocycles. The van der Waals surface area contributed by atoms with E-state index in [0.717, 1.165) is 44.9 Å². The molecule has 0 spiro atoms. The van der Waals surface area contributed by atoms with E-state index >= 15 is 0 Å². The first-order valence-corrected chi connectivity index (χ1v) is 7.98. The van der Waals surface area contributed by atoms with Crippen LogP contribution >= 0.6 is 0 Å². The lowest BCUT2D eigenvalue weighted by atomic mass is 10.1. The van der Waals surface area contributed by atoms with Crippen LogP contribution in [0.25, 0.3) is 0 Å². The summed E-state index contributed by atoms with van der Waals surface area (Å²) in [6.45, 7) is 2.79. The number of aryl methyl sites for hydroxylation is 1. The molecule has 0 aromatic heterocycles. The van der Waals surface area contributed by atoms with E-state index in [0.29, 0.717) is 6.10 Å². The standard InChI is InChI=1S/C17H27N3O/c1-18-17(20-13-11-16-10-6-14-21-16)19-12-5-9-15-7-3-2-4-8-15/h2-4,7-8,16H,5-6,9-14H2,1H3,(H2,18,19,20). The fourth-order valence-electron chi connectivity index (χ4n) is 2.59. The Bertz CT molecular complexity index is 413. The molecule has 1 aliphatic rings. The highest BCUT2D eigenvalue weighted by Gasteiger charge is 2.14. The maximum absolute atomic E-state index is 5.62. The van der Waals surface area contributed by atoms with Crippen molar-refractivity contribution in [1.29, 1.82) is 0 Å². The molecule has 2 rings (SSSR count). The fraction of sp³-hybridized carbons (Fsp3) is 0.588. The highest BCUT2D eigenvalue weighted by Crippen LogP contribution is 2.14. The number of benzene rings is 1. The van der Waals surface area contributed by atoms with Gasteiger partial charge in [-0.05, 0) is 37.7 Å². The van der Waals surface area contributed by atoms with Crippen LogP contribution in [0, 0.1) is 0 Å². The van der Waals surface area contributed by atoms with Crippen molar-refractivity contribution in [2.45, 2.75) is 38.2 Å². The van der Waals surface area contributed by atoms with Gasteiger partial charge in [-0.3, -0.25) is 4.99 Å². The normalized spacial score (nSPS) is 18.7. The van der Waals surface area contributed by atoms with Crippen molar-refractivity contribution >= 4 is 5.96 Å². The minimum absolute atomic E-state index is 0.439. The zero-order valence-corrected chi connectivity index (χ0v) is 13.0. The monoisotopic (exact) mass is 289 g/mol. The molecule has 21 heavy (non-hydrogen) atoms. The van der Waals surface area contributed by atoms with Crippen molar-refractivity contribution in [2.24, 2.45) is 4.99 Å². The summed E-state index contributed by atoms with van der Waals surface area (Å²) in [4.78, 5) is 4.25. The third kappa shape index (κ3) is 6.17. The molecule has 1 fully saturated rings. The van der Waals surface area contributed by atoms with Crippen molar-refractivity contribution < 1.29 is 4.74 Å². The molecule has 1 heterocycles. The second-order valence-electron chi connectivity index (χ2n) is 5.44. The average molecular weight is 289 g/mol. The Kier molecular flexibility index (Phi) is 7.08. The molecule has 1 atom stereocenters. The molecule has 1 saturated heterocycles. The Balaban J connectivity index is 1.55. The Hall–Kier alpha value is -1.55. The van der Waals surface area contributed by atoms with Crippen LogP contribution in [-0.4, -0.2) is 38.8 Å². The van der Waals surface area contributed by atoms with Crippen LogP contribution in [0.4, 0.5) is 0 Å². The molecule has 1 aromatic carbocycles. The van der Waals surface area contributed by atoms with Gasteiger partial charge < -0.3 is 15.4 Å². The summed E-state index contributed by atoms with van der Waals surface area (Å²) in [5.41, 5.74) is 1.39. The van der Waals surface area contributed by atoms with E-state index in [4.69, 9.17) is 4.74 Å². The van der Waals surface area contributed by atoms with Gasteiger partial charge in [0.2, 0.25) is 0 Å². The maximum atomic E-state index is 5.62. The van der Waals surface area contributed by atoms with E-state index in [2.05, 4.69) is 46.0 Å². The number of nitrogens with zero attached hydrogens (tertiary/aromatic N) is 1. The highest BCUT2D eigenvalue weighted by molar-refractivity contribution is 5.79. The van der Waals surface area contributed by atoms with Gasteiger partial charge in [0.25, 0.3) is 0 Å². The second kappa shape index (κ2) is 9.40. The Morgan fingerprint density at radius 3 is 2.76 bits per heavy atom. The zero-order chi connectivity index (χ0) is 14.8. The Morgan fingerprint density at radius 1 is 1.24 bits per heavy atom. The first-order chi connectivity index (χ1) is 10.4. The Morgan fingerprint density at radius 2 is 2.05 bits per heavy atom. The lowest BCUT2D eigenvalue weighted by Crippen LogP contribution is -2.39. The van der Waals surface area contributed by atoms with Gasteiger partial charge in [-0.1, -0.05) is 30.3 Å². The molecule has 1 aliphatic heterocycles. The molecule has 0 saturated carbocycles. The third-order valence-electron chi connectivity index (χ3n) is 3.78. The average Bonchev–Trinajstić information content (AvgIpc) is 3.04. The van der Waals surface area contributed by atoms with Gasteiger partial charge in [-0.2, -0.15) is 0 Å². The number of rotatable bonds is 7. The van der Waals surface area contributed by atoms with Crippen molar-refractivity contribution in [1.82, 2.24) is 10.6 Å². The summed E-state index contributed by atoms with van der Waals surface area (Å²) < 4.78 is 5.62. The highest BCUT2D eigenvalue weighted by atomic mass is 16.5. The molecule has 116 valence electrons. The van der Waals surface area contributed by atoms with E-state index in [1.165, 1.54) is 18.4 Å². The first-order valence-electron chi connectivity index (χ1n) is 7.98. The van der Waals surface area contributed by atoms with Crippen LogP contribution in [0.3, 0.4) is 0 Å². The van der Waals surface area contributed by atoms with Gasteiger partial charge >= 0.3 is 0 Å². The summed E-state index contributed by atoms with van der Waals surface area (Å²) in [6.07, 6.45) is 6.11. The van der Waals surface area contributed by atoms with Gasteiger partial charge in [-0.25, -0.2) is 0 Å². The van der Waals surface area contributed by atoms with Gasteiger partial charge in [0.15, 0.2) is 5.96 Å². The molecular weight excluding hydrogens is 262 g/mol. The SMILES string of the molecule is CN=C(NCCCc1ccccc1)NCCC1CCCO1. The summed E-state index contributed by atoms with van der Waals surface area (Å²) >= 11 is 0. The number of nitrogens with one attached hydrogen (secondary N) is 2. The molecule has 1 unspecified atom stereocenters. The molecule has 0 amide bonds. The van der Waals surface area contributed by atoms with E-state index < -0.39 is 0 Å². The van der Waals surface area contributed by atoms with Crippen molar-refractivity contribution in [2.75, 3.05) is 26.7 Å². The smallest absolute Gasteiger partial charge is 0.190 e. The summed E-state index contributed by atoms with van der Waals surface area (Å²) in [5, 5.41) is 6.72. The topological polar surface area (TPSA) is 45.7 Å². The number of guanidine groups is 1. The van der Waals surface area contributed by atoms with E-state index in [1.807, 2.05) is 7.05 Å². The predicted octanol–water partition coefficient (Wildman–Crippen LogP) is 2.35. The zero-order valence-electron chi connectivity index (χ0n) is 13.0. The number of hydrogen-bond donors (Lipinski definition) is 2. The van der Waals surface area contributed by atoms with Crippen LogP contribution in [0.5, 0.6) is 0 Å². The molecule has 2 N–H and O–H groups in total. The van der Waals surface area contributed by atoms with Crippen LogP contribution in [0.15, 0.2) is 35.3 Å². The number of ether oxygens (including phenoxy) is 1. The van der Waals surface area contributed by atoms with Crippen LogP contribution in [-0.2, 0) is 11.2 Å². The van der Waals surface area contributed by atoms with E-state index in [1.54, 1.807) is 0 Å². The third-order valence-corrected chi connectivity index (χ3v) is 3.78. The second-order valence-corrected chi connectivity index (χ2v) is 5.44. The maximum Gasteiger partial charge on any atom is 0.190 e. The summed E-state index contributed by atoms with van der Waals surface area (Å²) in [6, 6.07) is 10.6. The van der Waals surface area contributed by atoms with Crippen LogP contribution in [0.2, 0.25) is 0 Å². The lowest BCUT2D eigenvalue weighted by molar-refractivity contribution is 0.105. The van der Waals surface area contributed by atoms with Crippen molar-refractivity contribution in [3.63, 3.8) is 0 Å². The fourth-order valence-corrected chi connectivity index (χ4v) is 2.59. The predicted molar refractivity (Wildman–Crippen MR) is 87.7 cm³/mol. The lowest BCUT2D eigenvalue weighted by Gasteiger charge is -2.14. The Labute approximate surface area is 128 Å². The first kappa shape index (κ1) is 15.8. The van der Waals surface area contributed by atoms with Crippen molar-refractivity contribution in [3.8, 4) is 0 Å². The van der Waals surface area contributed by atoms with Crippen LogP contribution < -0.4 is 10.6 Å². The van der Waals surface area contributed by atoms with Gasteiger partial charge in [0.05, 0.1) is 6.10 Å². The molecule has 4 heteroatoms. The van der Waals surface area contributed by atoms with Gasteiger partial charge in [0.1, 0.15) is 0 Å². The van der Waals surface area contributed by atoms with Crippen LogP contribution in [0.1, 0.15) is 31.2 Å². The van der Waals surface area contributed by atoms with Gasteiger partial charge in [-0.15, -0.1) is 0 Å². The minimum Gasteiger partial charge on any atom is -0.378 e. The van der Waals surface area contributed by atoms with E-state index in [9.17, 15) is 0 Å². The number of aliphatic imine (C=N–C) groups is 1. The molecule has 1 aromatic rings. The van der Waals surface area contributed by atoms with E-state index in [-0.39, 0.29) is 0 Å². The number of hydrogen-bond acceptors (Lipinski definition) is 2. The largest absolute Gasteiger partial charge is 0.378 e. The van der Waals surface area contributed by atoms with Crippen molar-refractivity contribution in [3.05, 3.63) is 35.9 Å². The quantitative estimate of drug-likeness (QED) is 0.460. The molecule has 0 radical (unpaired) electrons. The molecule has 0 bridgehead atoms. The van der Waals surface area contributed by atoms with Gasteiger partial charge in [0, 0.05) is 26.7 Å². The summed E-state index contributed by atoms with van der Waals surface area (Å²) in [7, 11) is 1.82. The molecular formula is C17H27N3O. The summed E-state index contributed by atoms with van der Waals surface area (Å²) in [5.74, 6) is 0.890. The molecule has 4 nitrogen and oxygen atoms in total. The minimum atomic E-state index is 0.439.